The topological polar surface area (TPSA) is 119 Å². The van der Waals surface area contributed by atoms with Crippen LogP contribution < -0.4 is 31.5 Å². The number of nitrogens with one attached hydrogen (secondary N) is 2. The van der Waals surface area contributed by atoms with E-state index in [1.54, 1.807) is 0 Å². The number of benzene rings is 6. The van der Waals surface area contributed by atoms with Gasteiger partial charge < -0.3 is 31.5 Å². The molecule has 0 bridgehead atoms. The molecule has 9 nitrogen and oxygen atoms in total. The molecule has 1 unspecified atom stereocenters. The summed E-state index contributed by atoms with van der Waals surface area (Å²) in [7, 11) is 13.8. The molecule has 0 amide bonds. The van der Waals surface area contributed by atoms with Crippen LogP contribution in [0, 0.1) is 12.0 Å². The average molecular weight is 673 g/mol. The highest BCUT2D eigenvalue weighted by atomic mass is 16.1. The summed E-state index contributed by atoms with van der Waals surface area (Å²) in [6.45, 7) is 8.15. The van der Waals surface area contributed by atoms with Gasteiger partial charge in [0.1, 0.15) is 0 Å². The fourth-order valence-corrected chi connectivity index (χ4v) is 8.01. The van der Waals surface area contributed by atoms with Gasteiger partial charge in [-0.2, -0.15) is 0 Å². The summed E-state index contributed by atoms with van der Waals surface area (Å²) in [6, 6.07) is 24.2. The lowest BCUT2D eigenvalue weighted by atomic mass is 9.66. The standard InChI is InChI=1S/C42H40N8O/c1-46-30-19-28(44)33(26-17-22-13-9-11-15-24(22)40(35(26)30)49(5)6)38-37(31(21-43)47-2)39(42(38)51)34-27-18-23-14-10-12-16-25(23)41(50(7)8)36(27)32(48(3)4)20-29(34)45/h9-20,39,43,46H,44-45H2,1,3-8H3. The lowest BCUT2D eigenvalue weighted by Crippen LogP contribution is -2.31. The van der Waals surface area contributed by atoms with E-state index >= 15 is 4.79 Å². The van der Waals surface area contributed by atoms with Crippen LogP contribution in [0.5, 0.6) is 0 Å². The molecule has 1 aliphatic carbocycles. The highest BCUT2D eigenvalue weighted by Crippen LogP contribution is 2.56. The number of fused-ring (bicyclic) bond motifs is 4. The molecule has 0 spiro atoms. The van der Waals surface area contributed by atoms with Crippen molar-refractivity contribution in [3.8, 4) is 0 Å². The predicted octanol–water partition coefficient (Wildman–Crippen LogP) is 7.88. The molecule has 6 aromatic rings. The van der Waals surface area contributed by atoms with Gasteiger partial charge in [0.15, 0.2) is 5.78 Å². The van der Waals surface area contributed by atoms with Gasteiger partial charge in [0, 0.05) is 105 Å². The molecular weight excluding hydrogens is 633 g/mol. The molecular formula is C42H40N8O. The largest absolute Gasteiger partial charge is 0.398 e. The maximum atomic E-state index is 15.0. The zero-order chi connectivity index (χ0) is 36.5. The molecule has 0 radical (unpaired) electrons. The second-order valence-electron chi connectivity index (χ2n) is 13.6. The van der Waals surface area contributed by atoms with Gasteiger partial charge in [-0.25, -0.2) is 4.85 Å². The third-order valence-electron chi connectivity index (χ3n) is 10.1. The van der Waals surface area contributed by atoms with Gasteiger partial charge in [-0.3, -0.25) is 10.2 Å². The first-order chi connectivity index (χ1) is 24.4. The molecule has 0 fully saturated rings. The van der Waals surface area contributed by atoms with Crippen molar-refractivity contribution < 1.29 is 4.79 Å². The lowest BCUT2D eigenvalue weighted by Gasteiger charge is -2.36. The van der Waals surface area contributed by atoms with Crippen LogP contribution in [-0.2, 0) is 4.79 Å². The first kappa shape index (κ1) is 33.0. The minimum absolute atomic E-state index is 0.0497. The molecule has 0 aromatic heterocycles. The van der Waals surface area contributed by atoms with Gasteiger partial charge in [-0.1, -0.05) is 48.5 Å². The highest BCUT2D eigenvalue weighted by Gasteiger charge is 2.46. The lowest BCUT2D eigenvalue weighted by molar-refractivity contribution is -0.115. The van der Waals surface area contributed by atoms with Crippen LogP contribution in [0.3, 0.4) is 0 Å². The smallest absolute Gasteiger partial charge is 0.251 e. The number of carbonyl (C=O) groups is 1. The van der Waals surface area contributed by atoms with Gasteiger partial charge in [0.25, 0.3) is 5.70 Å². The van der Waals surface area contributed by atoms with Gasteiger partial charge in [-0.05, 0) is 62.8 Å². The Morgan fingerprint density at radius 1 is 0.784 bits per heavy atom. The molecule has 7 rings (SSSR count). The summed E-state index contributed by atoms with van der Waals surface area (Å²) >= 11 is 0. The summed E-state index contributed by atoms with van der Waals surface area (Å²) in [5.74, 6) is 1.24. The van der Waals surface area contributed by atoms with E-state index in [9.17, 15) is 0 Å². The number of ketones is 1. The minimum atomic E-state index is -0.913. The minimum Gasteiger partial charge on any atom is -0.398 e. The van der Waals surface area contributed by atoms with Crippen molar-refractivity contribution in [3.63, 3.8) is 0 Å². The molecule has 0 saturated heterocycles. The van der Waals surface area contributed by atoms with E-state index in [0.29, 0.717) is 33.6 Å². The number of nitrogens with two attached hydrogens (primary N) is 2. The Hall–Kier alpha value is -6.49. The number of nitrogen functional groups attached to an aromatic ring is 2. The number of hydrogen-bond acceptors (Lipinski definition) is 8. The molecule has 0 saturated carbocycles. The Labute approximate surface area is 297 Å². The Bertz CT molecular complexity index is 2620. The number of rotatable bonds is 7. The Morgan fingerprint density at radius 2 is 1.35 bits per heavy atom. The van der Waals surface area contributed by atoms with Crippen LogP contribution in [-0.4, -0.2) is 61.0 Å². The summed E-state index contributed by atoms with van der Waals surface area (Å²) in [5.41, 5.74) is 20.2. The number of nitrogens with zero attached hydrogens (tertiary/aromatic N) is 4. The third kappa shape index (κ3) is 4.76. The van der Waals surface area contributed by atoms with E-state index in [2.05, 4.69) is 56.2 Å². The number of allylic oxidation sites excluding steroid dienone is 2. The summed E-state index contributed by atoms with van der Waals surface area (Å²) in [6.07, 6.45) is 0. The molecule has 254 valence electrons. The SMILES string of the molecule is [C-]#[N+]C(=C=N)C1=C(c2c(N)cc(NC)c3c(N(C)C)c4ccccc4cc23)C(=O)C1c1c(N)cc(N(C)C)c2c(N(C)C)c3ccccc3cc12. The van der Waals surface area contributed by atoms with Crippen LogP contribution >= 0.6 is 0 Å². The van der Waals surface area contributed by atoms with Crippen molar-refractivity contribution in [3.05, 3.63) is 107 Å². The van der Waals surface area contributed by atoms with E-state index in [-0.39, 0.29) is 11.5 Å². The zero-order valence-corrected chi connectivity index (χ0v) is 29.9. The Balaban J connectivity index is 1.64. The maximum Gasteiger partial charge on any atom is 0.251 e. The van der Waals surface area contributed by atoms with E-state index in [4.69, 9.17) is 23.4 Å². The predicted molar refractivity (Wildman–Crippen MR) is 217 cm³/mol. The first-order valence-electron chi connectivity index (χ1n) is 16.7. The summed E-state index contributed by atoms with van der Waals surface area (Å²) < 4.78 is 0. The molecule has 6 N–H and O–H groups in total. The van der Waals surface area contributed by atoms with Crippen molar-refractivity contribution >= 4 is 94.4 Å². The van der Waals surface area contributed by atoms with Crippen molar-refractivity contribution in [2.24, 2.45) is 0 Å². The molecule has 1 aliphatic rings. The van der Waals surface area contributed by atoms with Crippen molar-refractivity contribution in [1.29, 1.82) is 5.41 Å². The quantitative estimate of drug-likeness (QED) is 0.0590. The van der Waals surface area contributed by atoms with E-state index in [0.717, 1.165) is 65.8 Å². The number of Topliss-reactive ketones (excluding diaryl/α,β-unsaturated/α-hetero) is 1. The fraction of sp³-hybridized carbons (Fsp3) is 0.190. The Kier molecular flexibility index (Phi) is 7.86. The van der Waals surface area contributed by atoms with E-state index in [1.807, 2.05) is 96.7 Å². The van der Waals surface area contributed by atoms with Gasteiger partial charge in [0.2, 0.25) is 0 Å². The molecule has 9 heteroatoms. The molecule has 51 heavy (non-hydrogen) atoms. The van der Waals surface area contributed by atoms with Gasteiger partial charge in [0.05, 0.1) is 23.9 Å². The molecule has 0 aliphatic heterocycles. The molecule has 1 atom stereocenters. The second kappa shape index (κ2) is 12.1. The Morgan fingerprint density at radius 3 is 1.88 bits per heavy atom. The van der Waals surface area contributed by atoms with E-state index in [1.165, 1.54) is 0 Å². The van der Waals surface area contributed by atoms with Crippen LogP contribution in [0.15, 0.2) is 84.1 Å². The average Bonchev–Trinajstić information content (AvgIpc) is 3.11. The van der Waals surface area contributed by atoms with Crippen LogP contribution in [0.25, 0.3) is 53.5 Å². The normalized spacial score (nSPS) is 14.1. The van der Waals surface area contributed by atoms with Gasteiger partial charge >= 0.3 is 0 Å². The van der Waals surface area contributed by atoms with Crippen molar-refractivity contribution in [1.82, 2.24) is 0 Å². The summed E-state index contributed by atoms with van der Waals surface area (Å²) in [5, 5.41) is 19.1. The summed E-state index contributed by atoms with van der Waals surface area (Å²) in [4.78, 5) is 24.9. The maximum absolute atomic E-state index is 15.0. The van der Waals surface area contributed by atoms with Crippen molar-refractivity contribution in [2.45, 2.75) is 5.92 Å². The number of anilines is 6. The first-order valence-corrected chi connectivity index (χ1v) is 16.7. The van der Waals surface area contributed by atoms with Crippen LogP contribution in [0.2, 0.25) is 0 Å². The number of hydrogen-bond donors (Lipinski definition) is 4. The molecule has 0 heterocycles. The van der Waals surface area contributed by atoms with Gasteiger partial charge in [-0.15, -0.1) is 0 Å². The van der Waals surface area contributed by atoms with Crippen LogP contribution in [0.1, 0.15) is 17.0 Å². The van der Waals surface area contributed by atoms with Crippen molar-refractivity contribution in [2.75, 3.05) is 80.8 Å². The number of carbonyl (C=O) groups excluding carboxylic acids is 1. The van der Waals surface area contributed by atoms with E-state index < -0.39 is 5.92 Å². The van der Waals surface area contributed by atoms with Crippen LogP contribution in [0.4, 0.5) is 34.1 Å². The monoisotopic (exact) mass is 672 g/mol. The highest BCUT2D eigenvalue weighted by molar-refractivity contribution is 6.39. The third-order valence-corrected chi connectivity index (χ3v) is 10.1. The molecule has 6 aromatic carbocycles. The second-order valence-corrected chi connectivity index (χ2v) is 13.6. The fourth-order valence-electron chi connectivity index (χ4n) is 8.01. The zero-order valence-electron chi connectivity index (χ0n) is 29.9.